The van der Waals surface area contributed by atoms with Crippen LogP contribution in [0.1, 0.15) is 36.8 Å². The van der Waals surface area contributed by atoms with Crippen molar-refractivity contribution in [1.29, 1.82) is 5.41 Å². The Balaban J connectivity index is 1.86. The Morgan fingerprint density at radius 2 is 1.76 bits per heavy atom. The molecule has 3 aromatic rings. The Morgan fingerprint density at radius 3 is 2.35 bits per heavy atom. The van der Waals surface area contributed by atoms with Gasteiger partial charge < -0.3 is 25.1 Å². The molecule has 2 N–H and O–H groups in total. The number of halogens is 2. The number of aromatic nitrogens is 1. The van der Waals surface area contributed by atoms with Crippen molar-refractivity contribution in [2.24, 2.45) is 5.92 Å². The number of pyridine rings is 1. The van der Waals surface area contributed by atoms with E-state index in [1.165, 1.54) is 0 Å². The van der Waals surface area contributed by atoms with E-state index in [0.717, 1.165) is 42.5 Å². The summed E-state index contributed by atoms with van der Waals surface area (Å²) < 4.78 is 38.5. The van der Waals surface area contributed by atoms with Gasteiger partial charge in [-0.15, -0.1) is 0 Å². The number of rotatable bonds is 8. The molecule has 1 fully saturated rings. The van der Waals surface area contributed by atoms with E-state index in [0.29, 0.717) is 24.3 Å². The monoisotopic (exact) mass is 508 g/mol. The molecule has 9 heteroatoms. The highest BCUT2D eigenvalue weighted by Crippen LogP contribution is 2.34. The molecule has 1 aliphatic rings. The van der Waals surface area contributed by atoms with Crippen LogP contribution in [0.2, 0.25) is 0 Å². The second kappa shape index (κ2) is 11.5. The van der Waals surface area contributed by atoms with E-state index < -0.39 is 17.6 Å². The van der Waals surface area contributed by atoms with Gasteiger partial charge in [-0.2, -0.15) is 0 Å². The van der Waals surface area contributed by atoms with Gasteiger partial charge in [0.2, 0.25) is 0 Å². The molecule has 0 bridgehead atoms. The maximum absolute atomic E-state index is 13.9. The second-order valence-electron chi connectivity index (χ2n) is 9.00. The first-order valence-corrected chi connectivity index (χ1v) is 12.2. The van der Waals surface area contributed by atoms with Crippen LogP contribution in [-0.2, 0) is 9.47 Å². The number of hydrogen-bond acceptors (Lipinski definition) is 7. The summed E-state index contributed by atoms with van der Waals surface area (Å²) in [6, 6.07) is 12.5. The summed E-state index contributed by atoms with van der Waals surface area (Å²) in [6.45, 7) is 8.52. The van der Waals surface area contributed by atoms with E-state index in [9.17, 15) is 13.6 Å². The number of anilines is 3. The van der Waals surface area contributed by atoms with Crippen molar-refractivity contribution in [2.45, 2.75) is 20.8 Å². The average Bonchev–Trinajstić information content (AvgIpc) is 2.88. The van der Waals surface area contributed by atoms with Crippen molar-refractivity contribution in [3.63, 3.8) is 0 Å². The summed E-state index contributed by atoms with van der Waals surface area (Å²) in [5.74, 6) is -2.20. The second-order valence-corrected chi connectivity index (χ2v) is 9.00. The fraction of sp³-hybridized carbons (Fsp3) is 0.321. The number of esters is 1. The lowest BCUT2D eigenvalue weighted by atomic mass is 9.91. The number of nitrogens with one attached hydrogen (secondary N) is 2. The largest absolute Gasteiger partial charge is 0.461 e. The molecular weight excluding hydrogens is 478 g/mol. The fourth-order valence-electron chi connectivity index (χ4n) is 4.17. The third-order valence-corrected chi connectivity index (χ3v) is 6.03. The van der Waals surface area contributed by atoms with E-state index in [2.05, 4.69) is 15.2 Å². The lowest BCUT2D eigenvalue weighted by Crippen LogP contribution is -2.36. The first-order valence-electron chi connectivity index (χ1n) is 12.2. The number of ether oxygens (including phenoxy) is 2. The van der Waals surface area contributed by atoms with Gasteiger partial charge in [0.25, 0.3) is 0 Å². The topological polar surface area (TPSA) is 87.5 Å². The molecule has 0 spiro atoms. The number of nitrogens with zero attached hydrogens (tertiary/aromatic N) is 2. The molecule has 0 radical (unpaired) electrons. The van der Waals surface area contributed by atoms with Gasteiger partial charge in [0.15, 0.2) is 5.69 Å². The molecule has 1 aromatic heterocycles. The minimum Gasteiger partial charge on any atom is -0.461 e. The van der Waals surface area contributed by atoms with E-state index in [4.69, 9.17) is 14.9 Å². The zero-order chi connectivity index (χ0) is 26.5. The van der Waals surface area contributed by atoms with Crippen LogP contribution >= 0.6 is 0 Å². The van der Waals surface area contributed by atoms with Crippen LogP contribution in [-0.4, -0.2) is 49.6 Å². The molecule has 1 aliphatic heterocycles. The van der Waals surface area contributed by atoms with Gasteiger partial charge in [-0.1, -0.05) is 26.0 Å². The fourth-order valence-corrected chi connectivity index (χ4v) is 4.17. The van der Waals surface area contributed by atoms with Crippen LogP contribution in [0.4, 0.5) is 26.0 Å². The molecule has 2 aromatic carbocycles. The van der Waals surface area contributed by atoms with E-state index in [-0.39, 0.29) is 35.4 Å². The number of carbonyl (C=O) groups excluding carboxylic acids is 1. The molecule has 2 heterocycles. The lowest BCUT2D eigenvalue weighted by Gasteiger charge is -2.29. The van der Waals surface area contributed by atoms with E-state index >= 15 is 0 Å². The highest BCUT2D eigenvalue weighted by Gasteiger charge is 2.23. The minimum absolute atomic E-state index is 0.0220. The SMILES string of the molecule is CCOC(=O)c1cc(-c2ccc(N3CCOCC3)cc2)c(C(=N)C(C)C)c(Nc2cc(F)cc(F)c2)n1. The van der Waals surface area contributed by atoms with Crippen LogP contribution in [0.25, 0.3) is 11.1 Å². The Bertz CT molecular complexity index is 1270. The van der Waals surface area contributed by atoms with Gasteiger partial charge in [-0.3, -0.25) is 0 Å². The van der Waals surface area contributed by atoms with Crippen LogP contribution in [0.15, 0.2) is 48.5 Å². The molecule has 0 amide bonds. The molecule has 4 rings (SSSR count). The normalized spacial score (nSPS) is 13.5. The van der Waals surface area contributed by atoms with Crippen molar-refractivity contribution in [2.75, 3.05) is 43.1 Å². The zero-order valence-corrected chi connectivity index (χ0v) is 21.1. The summed E-state index contributed by atoms with van der Waals surface area (Å²) in [5.41, 5.74) is 3.22. The van der Waals surface area contributed by atoms with Crippen LogP contribution in [0.5, 0.6) is 0 Å². The minimum atomic E-state index is -0.761. The van der Waals surface area contributed by atoms with Crippen LogP contribution in [0.3, 0.4) is 0 Å². The van der Waals surface area contributed by atoms with E-state index in [1.54, 1.807) is 13.0 Å². The van der Waals surface area contributed by atoms with Gasteiger partial charge >= 0.3 is 5.97 Å². The predicted molar refractivity (Wildman–Crippen MR) is 140 cm³/mol. The first-order chi connectivity index (χ1) is 17.8. The summed E-state index contributed by atoms with van der Waals surface area (Å²) in [7, 11) is 0. The van der Waals surface area contributed by atoms with Crippen LogP contribution in [0, 0.1) is 23.0 Å². The molecule has 0 aliphatic carbocycles. The number of morpholine rings is 1. The molecular formula is C28H30F2N4O3. The van der Waals surface area contributed by atoms with Gasteiger partial charge in [0, 0.05) is 41.8 Å². The third kappa shape index (κ3) is 6.11. The molecule has 0 saturated carbocycles. The summed E-state index contributed by atoms with van der Waals surface area (Å²) in [6.07, 6.45) is 0. The van der Waals surface area contributed by atoms with Crippen molar-refractivity contribution >= 4 is 28.9 Å². The number of benzene rings is 2. The van der Waals surface area contributed by atoms with Crippen molar-refractivity contribution in [1.82, 2.24) is 4.98 Å². The highest BCUT2D eigenvalue weighted by atomic mass is 19.1. The van der Waals surface area contributed by atoms with Crippen molar-refractivity contribution in [3.05, 3.63) is 71.4 Å². The molecule has 0 atom stereocenters. The predicted octanol–water partition coefficient (Wildman–Crippen LogP) is 5.81. The van der Waals surface area contributed by atoms with Crippen molar-refractivity contribution in [3.8, 4) is 11.1 Å². The molecule has 37 heavy (non-hydrogen) atoms. The van der Waals surface area contributed by atoms with Crippen LogP contribution < -0.4 is 10.2 Å². The summed E-state index contributed by atoms with van der Waals surface area (Å²) in [4.78, 5) is 19.4. The quantitative estimate of drug-likeness (QED) is 0.295. The molecule has 1 saturated heterocycles. The lowest BCUT2D eigenvalue weighted by molar-refractivity contribution is 0.0519. The van der Waals surface area contributed by atoms with Gasteiger partial charge in [0.05, 0.1) is 19.8 Å². The number of hydrogen-bond donors (Lipinski definition) is 2. The third-order valence-electron chi connectivity index (χ3n) is 6.03. The van der Waals surface area contributed by atoms with Gasteiger partial charge in [-0.25, -0.2) is 18.6 Å². The first kappa shape index (κ1) is 26.2. The smallest absolute Gasteiger partial charge is 0.357 e. The summed E-state index contributed by atoms with van der Waals surface area (Å²) >= 11 is 0. The van der Waals surface area contributed by atoms with Gasteiger partial charge in [-0.05, 0) is 54.3 Å². The Hall–Kier alpha value is -3.85. The highest BCUT2D eigenvalue weighted by molar-refractivity contribution is 6.10. The standard InChI is InChI=1S/C28H30F2N4O3/c1-4-37-28(35)24-16-23(18-5-7-22(8-6-18)34-9-11-36-12-10-34)25(26(31)17(2)3)27(33-24)32-21-14-19(29)13-20(30)15-21/h5-8,13-17,31H,4,9-12H2,1-3H3,(H,32,33). The van der Waals surface area contributed by atoms with Crippen molar-refractivity contribution < 1.29 is 23.0 Å². The summed E-state index contributed by atoms with van der Waals surface area (Å²) in [5, 5.41) is 11.8. The van der Waals surface area contributed by atoms with Gasteiger partial charge in [0.1, 0.15) is 17.5 Å². The Kier molecular flexibility index (Phi) is 8.13. The maximum Gasteiger partial charge on any atom is 0.357 e. The molecule has 0 unspecified atom stereocenters. The number of carbonyl (C=O) groups is 1. The Morgan fingerprint density at radius 1 is 1.11 bits per heavy atom. The maximum atomic E-state index is 13.9. The Labute approximate surface area is 214 Å². The average molecular weight is 509 g/mol. The van der Waals surface area contributed by atoms with E-state index in [1.807, 2.05) is 38.1 Å². The molecule has 194 valence electrons. The molecule has 7 nitrogen and oxygen atoms in total. The zero-order valence-electron chi connectivity index (χ0n) is 21.1.